The summed E-state index contributed by atoms with van der Waals surface area (Å²) in [7, 11) is 1.63. The van der Waals surface area contributed by atoms with E-state index in [1.807, 2.05) is 25.1 Å². The number of aryl methyl sites for hydroxylation is 1. The first-order valence-corrected chi connectivity index (χ1v) is 7.50. The maximum absolute atomic E-state index is 12.4. The van der Waals surface area contributed by atoms with Gasteiger partial charge in [0.1, 0.15) is 5.75 Å². The monoisotopic (exact) mass is 275 g/mol. The fraction of sp³-hybridized carbons (Fsp3) is 0.588. The number of piperidine rings is 1. The fourth-order valence-electron chi connectivity index (χ4n) is 2.71. The Bertz CT molecular complexity index is 462. The van der Waals surface area contributed by atoms with E-state index in [-0.39, 0.29) is 5.78 Å². The topological polar surface area (TPSA) is 29.5 Å². The first-order valence-electron chi connectivity index (χ1n) is 7.50. The molecule has 3 nitrogen and oxygen atoms in total. The predicted molar refractivity (Wildman–Crippen MR) is 81.5 cm³/mol. The summed E-state index contributed by atoms with van der Waals surface area (Å²) in [5.74, 6) is 1.81. The van der Waals surface area contributed by atoms with Gasteiger partial charge in [0, 0.05) is 18.5 Å². The van der Waals surface area contributed by atoms with E-state index in [0.29, 0.717) is 6.42 Å². The van der Waals surface area contributed by atoms with E-state index in [0.717, 1.165) is 42.4 Å². The first-order chi connectivity index (χ1) is 9.60. The predicted octanol–water partition coefficient (Wildman–Crippen LogP) is 3.31. The van der Waals surface area contributed by atoms with E-state index in [2.05, 4.69) is 11.8 Å². The number of methoxy groups -OCH3 is 1. The van der Waals surface area contributed by atoms with Crippen molar-refractivity contribution in [2.24, 2.45) is 5.92 Å². The molecule has 0 saturated carbocycles. The molecule has 2 rings (SSSR count). The summed E-state index contributed by atoms with van der Waals surface area (Å²) in [5, 5.41) is 0. The second kappa shape index (κ2) is 6.89. The molecule has 0 N–H and O–H groups in total. The van der Waals surface area contributed by atoms with Crippen LogP contribution in [0.2, 0.25) is 0 Å². The van der Waals surface area contributed by atoms with Crippen LogP contribution in [0.15, 0.2) is 18.2 Å². The number of ether oxygens (including phenoxy) is 1. The van der Waals surface area contributed by atoms with Gasteiger partial charge in [0.2, 0.25) is 0 Å². The summed E-state index contributed by atoms with van der Waals surface area (Å²) in [5.41, 5.74) is 1.83. The van der Waals surface area contributed by atoms with E-state index in [1.165, 1.54) is 12.8 Å². The molecule has 0 amide bonds. The van der Waals surface area contributed by atoms with Crippen LogP contribution in [0.3, 0.4) is 0 Å². The second-order valence-corrected chi connectivity index (χ2v) is 5.88. The van der Waals surface area contributed by atoms with Gasteiger partial charge in [-0.2, -0.15) is 0 Å². The zero-order chi connectivity index (χ0) is 14.5. The van der Waals surface area contributed by atoms with E-state index in [9.17, 15) is 4.79 Å². The zero-order valence-electron chi connectivity index (χ0n) is 12.8. The number of carbonyl (C=O) groups excluding carboxylic acids is 1. The van der Waals surface area contributed by atoms with E-state index in [4.69, 9.17) is 4.74 Å². The Balaban J connectivity index is 1.91. The van der Waals surface area contributed by atoms with Crippen LogP contribution >= 0.6 is 0 Å². The molecule has 0 spiro atoms. The minimum atomic E-state index is 0.222. The number of ketones is 1. The lowest BCUT2D eigenvalue weighted by molar-refractivity contribution is 0.0952. The summed E-state index contributed by atoms with van der Waals surface area (Å²) in [4.78, 5) is 14.8. The Kier molecular flexibility index (Phi) is 5.18. The Morgan fingerprint density at radius 1 is 1.35 bits per heavy atom. The van der Waals surface area contributed by atoms with Crippen molar-refractivity contribution in [1.29, 1.82) is 0 Å². The number of Topliss-reactive ketones (excluding diaryl/α,β-unsaturated/α-hetero) is 1. The molecule has 1 fully saturated rings. The van der Waals surface area contributed by atoms with E-state index >= 15 is 0 Å². The molecule has 3 heteroatoms. The molecule has 1 aliphatic heterocycles. The van der Waals surface area contributed by atoms with Crippen LogP contribution in [0, 0.1) is 12.8 Å². The number of nitrogens with zero attached hydrogens (tertiary/aromatic N) is 1. The molecule has 20 heavy (non-hydrogen) atoms. The summed E-state index contributed by atoms with van der Waals surface area (Å²) in [6.07, 6.45) is 3.11. The van der Waals surface area contributed by atoms with Crippen LogP contribution < -0.4 is 4.74 Å². The molecule has 0 aliphatic carbocycles. The van der Waals surface area contributed by atoms with E-state index in [1.54, 1.807) is 7.11 Å². The summed E-state index contributed by atoms with van der Waals surface area (Å²) in [6, 6.07) is 5.71. The highest BCUT2D eigenvalue weighted by Gasteiger charge is 2.17. The lowest BCUT2D eigenvalue weighted by Crippen LogP contribution is -2.34. The Morgan fingerprint density at radius 2 is 2.05 bits per heavy atom. The van der Waals surface area contributed by atoms with Crippen LogP contribution in [0.25, 0.3) is 0 Å². The number of hydrogen-bond donors (Lipinski definition) is 0. The number of rotatable bonds is 5. The standard InChI is InChI=1S/C17H25NO2/c1-13-6-9-18(10-7-13)11-8-17(19)16-12-15(20-3)5-4-14(16)2/h4-5,12-13H,6-11H2,1-3H3. The Hall–Kier alpha value is -1.35. The Labute approximate surface area is 121 Å². The number of carbonyl (C=O) groups is 1. The summed E-state index contributed by atoms with van der Waals surface area (Å²) >= 11 is 0. The van der Waals surface area contributed by atoms with Crippen molar-refractivity contribution in [1.82, 2.24) is 4.90 Å². The van der Waals surface area contributed by atoms with Gasteiger partial charge in [0.05, 0.1) is 7.11 Å². The molecule has 1 saturated heterocycles. The van der Waals surface area contributed by atoms with Crippen molar-refractivity contribution < 1.29 is 9.53 Å². The molecular weight excluding hydrogens is 250 g/mol. The van der Waals surface area contributed by atoms with Crippen molar-refractivity contribution >= 4 is 5.78 Å². The van der Waals surface area contributed by atoms with Crippen molar-refractivity contribution in [3.8, 4) is 5.75 Å². The van der Waals surface area contributed by atoms with Crippen LogP contribution in [0.5, 0.6) is 5.75 Å². The smallest absolute Gasteiger partial charge is 0.164 e. The third-order valence-corrected chi connectivity index (χ3v) is 4.28. The average molecular weight is 275 g/mol. The fourth-order valence-corrected chi connectivity index (χ4v) is 2.71. The normalized spacial score (nSPS) is 17.1. The highest BCUT2D eigenvalue weighted by Crippen LogP contribution is 2.20. The van der Waals surface area contributed by atoms with Crippen LogP contribution in [0.4, 0.5) is 0 Å². The molecule has 110 valence electrons. The highest BCUT2D eigenvalue weighted by atomic mass is 16.5. The molecule has 0 radical (unpaired) electrons. The maximum Gasteiger partial charge on any atom is 0.164 e. The molecule has 0 bridgehead atoms. The largest absolute Gasteiger partial charge is 0.497 e. The van der Waals surface area contributed by atoms with Gasteiger partial charge in [-0.05, 0) is 56.5 Å². The average Bonchev–Trinajstić information content (AvgIpc) is 2.47. The minimum absolute atomic E-state index is 0.222. The van der Waals surface area contributed by atoms with Crippen molar-refractivity contribution in [3.63, 3.8) is 0 Å². The van der Waals surface area contributed by atoms with Gasteiger partial charge in [-0.3, -0.25) is 4.79 Å². The zero-order valence-corrected chi connectivity index (χ0v) is 12.8. The summed E-state index contributed by atoms with van der Waals surface area (Å²) < 4.78 is 5.20. The van der Waals surface area contributed by atoms with Gasteiger partial charge < -0.3 is 9.64 Å². The highest BCUT2D eigenvalue weighted by molar-refractivity contribution is 5.97. The molecule has 1 aromatic rings. The number of likely N-dealkylation sites (tertiary alicyclic amines) is 1. The van der Waals surface area contributed by atoms with Gasteiger partial charge in [0.25, 0.3) is 0 Å². The molecule has 1 aromatic carbocycles. The van der Waals surface area contributed by atoms with Gasteiger partial charge >= 0.3 is 0 Å². The lowest BCUT2D eigenvalue weighted by Gasteiger charge is -2.29. The van der Waals surface area contributed by atoms with Crippen molar-refractivity contribution in [2.45, 2.75) is 33.1 Å². The summed E-state index contributed by atoms with van der Waals surface area (Å²) in [6.45, 7) is 7.43. The molecule has 0 atom stereocenters. The second-order valence-electron chi connectivity index (χ2n) is 5.88. The van der Waals surface area contributed by atoms with Gasteiger partial charge in [-0.1, -0.05) is 13.0 Å². The lowest BCUT2D eigenvalue weighted by atomic mass is 9.98. The third-order valence-electron chi connectivity index (χ3n) is 4.28. The molecule has 0 aromatic heterocycles. The Morgan fingerprint density at radius 3 is 2.70 bits per heavy atom. The molecule has 1 heterocycles. The quantitative estimate of drug-likeness (QED) is 0.772. The van der Waals surface area contributed by atoms with Crippen molar-refractivity contribution in [2.75, 3.05) is 26.7 Å². The molecule has 1 aliphatic rings. The van der Waals surface area contributed by atoms with Crippen LogP contribution in [0.1, 0.15) is 42.1 Å². The van der Waals surface area contributed by atoms with E-state index < -0.39 is 0 Å². The van der Waals surface area contributed by atoms with Crippen molar-refractivity contribution in [3.05, 3.63) is 29.3 Å². The van der Waals surface area contributed by atoms with Crippen LogP contribution in [-0.4, -0.2) is 37.4 Å². The first kappa shape index (κ1) is 15.0. The van der Waals surface area contributed by atoms with Gasteiger partial charge in [-0.15, -0.1) is 0 Å². The molecular formula is C17H25NO2. The van der Waals surface area contributed by atoms with Crippen LogP contribution in [-0.2, 0) is 0 Å². The van der Waals surface area contributed by atoms with Gasteiger partial charge in [0.15, 0.2) is 5.78 Å². The van der Waals surface area contributed by atoms with Gasteiger partial charge in [-0.25, -0.2) is 0 Å². The molecule has 0 unspecified atom stereocenters. The minimum Gasteiger partial charge on any atom is -0.497 e. The SMILES string of the molecule is COc1ccc(C)c(C(=O)CCN2CCC(C)CC2)c1. The maximum atomic E-state index is 12.4. The third kappa shape index (κ3) is 3.83. The number of hydrogen-bond acceptors (Lipinski definition) is 3. The number of benzene rings is 1.